The highest BCUT2D eigenvalue weighted by atomic mass is 32.2. The molecule has 3 amide bonds. The number of amides is 3. The number of anilines is 1. The normalized spacial score (nSPS) is 14.8. The highest BCUT2D eigenvalue weighted by Crippen LogP contribution is 2.32. The van der Waals surface area contributed by atoms with E-state index in [0.29, 0.717) is 16.3 Å². The van der Waals surface area contributed by atoms with Gasteiger partial charge in [0.15, 0.2) is 6.61 Å². The van der Waals surface area contributed by atoms with Crippen LogP contribution in [0.2, 0.25) is 0 Å². The first kappa shape index (κ1) is 20.2. The van der Waals surface area contributed by atoms with Crippen molar-refractivity contribution in [3.8, 4) is 18.1 Å². The maximum absolute atomic E-state index is 12.2. The number of nitrogens with one attached hydrogen (secondary N) is 1. The molecule has 2 aromatic rings. The van der Waals surface area contributed by atoms with Crippen LogP contribution in [0.4, 0.5) is 10.5 Å². The lowest BCUT2D eigenvalue weighted by molar-refractivity contribution is -0.122. The summed E-state index contributed by atoms with van der Waals surface area (Å²) in [4.78, 5) is 37.3. The van der Waals surface area contributed by atoms with Gasteiger partial charge >= 0.3 is 0 Å². The average Bonchev–Trinajstić information content (AvgIpc) is 2.97. The van der Waals surface area contributed by atoms with Gasteiger partial charge in [-0.25, -0.2) is 0 Å². The predicted octanol–water partition coefficient (Wildman–Crippen LogP) is 3.68. The molecule has 1 saturated heterocycles. The Morgan fingerprint density at radius 2 is 1.86 bits per heavy atom. The predicted molar refractivity (Wildman–Crippen MR) is 113 cm³/mol. The molecule has 0 saturated carbocycles. The number of terminal acetylenes is 1. The van der Waals surface area contributed by atoms with Gasteiger partial charge < -0.3 is 10.1 Å². The Balaban J connectivity index is 1.56. The second-order valence-electron chi connectivity index (χ2n) is 6.24. The molecule has 1 aliphatic rings. The first-order valence-corrected chi connectivity index (χ1v) is 9.56. The SMILES string of the molecule is C#CCN1C(=O)S/C(=C\c2ccc(OCC(=O)Nc3ccc(C)cc3)cc2)C1=O. The molecule has 0 aromatic heterocycles. The molecular weight excluding hydrogens is 388 g/mol. The third kappa shape index (κ3) is 5.27. The Morgan fingerprint density at radius 3 is 2.52 bits per heavy atom. The van der Waals surface area contributed by atoms with E-state index in [9.17, 15) is 14.4 Å². The van der Waals surface area contributed by atoms with Gasteiger partial charge in [0, 0.05) is 5.69 Å². The Kier molecular flexibility index (Phi) is 6.37. The van der Waals surface area contributed by atoms with E-state index in [4.69, 9.17) is 11.2 Å². The van der Waals surface area contributed by atoms with E-state index in [1.807, 2.05) is 31.2 Å². The number of thioether (sulfide) groups is 1. The summed E-state index contributed by atoms with van der Waals surface area (Å²) in [7, 11) is 0. The Morgan fingerprint density at radius 1 is 1.17 bits per heavy atom. The van der Waals surface area contributed by atoms with E-state index >= 15 is 0 Å². The van der Waals surface area contributed by atoms with Crippen molar-refractivity contribution in [2.24, 2.45) is 0 Å². The van der Waals surface area contributed by atoms with E-state index in [1.54, 1.807) is 30.3 Å². The molecule has 146 valence electrons. The van der Waals surface area contributed by atoms with E-state index < -0.39 is 5.91 Å². The second kappa shape index (κ2) is 9.13. The first-order valence-electron chi connectivity index (χ1n) is 8.74. The van der Waals surface area contributed by atoms with Crippen LogP contribution in [-0.4, -0.2) is 35.1 Å². The third-order valence-electron chi connectivity index (χ3n) is 4.01. The van der Waals surface area contributed by atoms with E-state index in [-0.39, 0.29) is 24.3 Å². The van der Waals surface area contributed by atoms with E-state index in [1.165, 1.54) is 0 Å². The monoisotopic (exact) mass is 406 g/mol. The zero-order chi connectivity index (χ0) is 20.8. The molecule has 1 aliphatic heterocycles. The summed E-state index contributed by atoms with van der Waals surface area (Å²) in [5.41, 5.74) is 2.55. The van der Waals surface area contributed by atoms with Crippen molar-refractivity contribution in [2.45, 2.75) is 6.92 Å². The van der Waals surface area contributed by atoms with Crippen LogP contribution in [0.25, 0.3) is 6.08 Å². The molecule has 0 unspecified atom stereocenters. The number of carbonyl (C=O) groups excluding carboxylic acids is 3. The molecule has 1 heterocycles. The molecule has 0 radical (unpaired) electrons. The number of imide groups is 1. The number of ether oxygens (including phenoxy) is 1. The van der Waals surface area contributed by atoms with Crippen LogP contribution in [0.1, 0.15) is 11.1 Å². The topological polar surface area (TPSA) is 75.7 Å². The van der Waals surface area contributed by atoms with Crippen molar-refractivity contribution >= 4 is 40.6 Å². The fourth-order valence-corrected chi connectivity index (χ4v) is 3.36. The third-order valence-corrected chi connectivity index (χ3v) is 4.91. The molecule has 1 N–H and O–H groups in total. The van der Waals surface area contributed by atoms with Gasteiger partial charge in [-0.05, 0) is 54.6 Å². The fourth-order valence-electron chi connectivity index (χ4n) is 2.52. The molecule has 0 bridgehead atoms. The largest absolute Gasteiger partial charge is 0.484 e. The van der Waals surface area contributed by atoms with Crippen molar-refractivity contribution < 1.29 is 19.1 Å². The van der Waals surface area contributed by atoms with Crippen LogP contribution in [0.5, 0.6) is 5.75 Å². The van der Waals surface area contributed by atoms with Gasteiger partial charge in [-0.2, -0.15) is 0 Å². The molecule has 0 spiro atoms. The van der Waals surface area contributed by atoms with Gasteiger partial charge in [-0.3, -0.25) is 19.3 Å². The second-order valence-corrected chi connectivity index (χ2v) is 7.24. The molecule has 6 nitrogen and oxygen atoms in total. The molecule has 3 rings (SSSR count). The highest BCUT2D eigenvalue weighted by molar-refractivity contribution is 8.18. The minimum Gasteiger partial charge on any atom is -0.484 e. The van der Waals surface area contributed by atoms with Gasteiger partial charge in [0.2, 0.25) is 0 Å². The van der Waals surface area contributed by atoms with Crippen LogP contribution in [0.3, 0.4) is 0 Å². The van der Waals surface area contributed by atoms with Crippen LogP contribution in [0.15, 0.2) is 53.4 Å². The lowest BCUT2D eigenvalue weighted by Gasteiger charge is -2.08. The Hall–Kier alpha value is -3.50. The number of carbonyl (C=O) groups is 3. The van der Waals surface area contributed by atoms with E-state index in [0.717, 1.165) is 27.8 Å². The molecule has 29 heavy (non-hydrogen) atoms. The van der Waals surface area contributed by atoms with Crippen molar-refractivity contribution in [1.29, 1.82) is 0 Å². The lowest BCUT2D eigenvalue weighted by atomic mass is 10.2. The number of hydrogen-bond donors (Lipinski definition) is 1. The minimum atomic E-state index is -0.397. The van der Waals surface area contributed by atoms with Gasteiger partial charge in [-0.1, -0.05) is 35.7 Å². The van der Waals surface area contributed by atoms with Crippen LogP contribution in [0, 0.1) is 19.3 Å². The van der Waals surface area contributed by atoms with Crippen LogP contribution >= 0.6 is 11.8 Å². The quantitative estimate of drug-likeness (QED) is 0.585. The van der Waals surface area contributed by atoms with Crippen LogP contribution in [-0.2, 0) is 9.59 Å². The number of nitrogens with zero attached hydrogens (tertiary/aromatic N) is 1. The summed E-state index contributed by atoms with van der Waals surface area (Å²) in [5.74, 6) is 2.15. The average molecular weight is 406 g/mol. The fraction of sp³-hybridized carbons (Fsp3) is 0.136. The molecule has 0 aliphatic carbocycles. The van der Waals surface area contributed by atoms with Crippen LogP contribution < -0.4 is 10.1 Å². The maximum Gasteiger partial charge on any atom is 0.294 e. The number of benzene rings is 2. The van der Waals surface area contributed by atoms with Crippen molar-refractivity contribution in [1.82, 2.24) is 4.90 Å². The van der Waals surface area contributed by atoms with Crippen molar-refractivity contribution in [3.05, 3.63) is 64.6 Å². The standard InChI is InChI=1S/C22H18N2O4S/c1-3-12-24-21(26)19(29-22(24)27)13-16-6-10-18(11-7-16)28-14-20(25)23-17-8-4-15(2)5-9-17/h1,4-11,13H,12,14H2,2H3,(H,23,25)/b19-13-. The summed E-state index contributed by atoms with van der Waals surface area (Å²) < 4.78 is 5.49. The molecule has 0 atom stereocenters. The summed E-state index contributed by atoms with van der Waals surface area (Å²) in [5, 5.41) is 2.38. The molecule has 7 heteroatoms. The van der Waals surface area contributed by atoms with E-state index in [2.05, 4.69) is 11.2 Å². The number of hydrogen-bond acceptors (Lipinski definition) is 5. The number of aryl methyl sites for hydroxylation is 1. The van der Waals surface area contributed by atoms with Gasteiger partial charge in [0.1, 0.15) is 5.75 Å². The van der Waals surface area contributed by atoms with Crippen molar-refractivity contribution in [3.63, 3.8) is 0 Å². The zero-order valence-corrected chi connectivity index (χ0v) is 16.5. The summed E-state index contributed by atoms with van der Waals surface area (Å²) in [6.45, 7) is 1.80. The molecular formula is C22H18N2O4S. The number of rotatable bonds is 6. The highest BCUT2D eigenvalue weighted by Gasteiger charge is 2.34. The molecule has 1 fully saturated rings. The summed E-state index contributed by atoms with van der Waals surface area (Å²) in [6, 6.07) is 14.3. The van der Waals surface area contributed by atoms with Gasteiger partial charge in [0.05, 0.1) is 11.4 Å². The van der Waals surface area contributed by atoms with Gasteiger partial charge in [-0.15, -0.1) is 6.42 Å². The van der Waals surface area contributed by atoms with Crippen molar-refractivity contribution in [2.75, 3.05) is 18.5 Å². The summed E-state index contributed by atoms with van der Waals surface area (Å²) >= 11 is 0.855. The molecule has 2 aromatic carbocycles. The van der Waals surface area contributed by atoms with Gasteiger partial charge in [0.25, 0.3) is 17.1 Å². The first-order chi connectivity index (χ1) is 14.0. The summed E-state index contributed by atoms with van der Waals surface area (Å²) in [6.07, 6.45) is 6.80. The lowest BCUT2D eigenvalue weighted by Crippen LogP contribution is -2.28. The smallest absolute Gasteiger partial charge is 0.294 e. The Bertz CT molecular complexity index is 1000. The Labute approximate surface area is 172 Å². The zero-order valence-electron chi connectivity index (χ0n) is 15.7. The maximum atomic E-state index is 12.2. The minimum absolute atomic E-state index is 0.0422.